The van der Waals surface area contributed by atoms with Crippen LogP contribution in [0.1, 0.15) is 73.1 Å². The van der Waals surface area contributed by atoms with Crippen molar-refractivity contribution >= 4 is 23.4 Å². The summed E-state index contributed by atoms with van der Waals surface area (Å²) >= 11 is 0. The zero-order chi connectivity index (χ0) is 32.3. The fourth-order valence-corrected chi connectivity index (χ4v) is 7.66. The molecule has 3 heterocycles. The van der Waals surface area contributed by atoms with Crippen LogP contribution in [0.15, 0.2) is 49.6 Å². The first-order valence-electron chi connectivity index (χ1n) is 16.1. The molecule has 1 N–H and O–H groups in total. The number of carbonyl (C=O) groups excluding carboxylic acids is 3. The van der Waals surface area contributed by atoms with Gasteiger partial charge in [-0.1, -0.05) is 19.1 Å². The molecule has 3 aliphatic rings. The van der Waals surface area contributed by atoms with Gasteiger partial charge in [0, 0.05) is 37.5 Å². The molecule has 1 aromatic carbocycles. The number of ether oxygens (including phenoxy) is 2. The SMILES string of the molecule is C=CCN(C(=O)[C@@H]1[C@H]2C(=O)N(CCCCCO)C(C(=O)N(CC=C)C(C)(C)C)C23CC[C@@]1(CC)O3)c1ccc(OCC)cc1. The van der Waals surface area contributed by atoms with Crippen molar-refractivity contribution < 1.29 is 29.0 Å². The smallest absolute Gasteiger partial charge is 0.249 e. The minimum absolute atomic E-state index is 0.0728. The summed E-state index contributed by atoms with van der Waals surface area (Å²) in [5.41, 5.74) is -1.79. The first-order valence-corrected chi connectivity index (χ1v) is 16.1. The van der Waals surface area contributed by atoms with Crippen molar-refractivity contribution in [2.45, 2.75) is 95.9 Å². The molecule has 3 aliphatic heterocycles. The lowest BCUT2D eigenvalue weighted by atomic mass is 9.64. The molecule has 0 aromatic heterocycles. The molecule has 3 saturated heterocycles. The van der Waals surface area contributed by atoms with E-state index in [1.54, 1.807) is 26.9 Å². The maximum Gasteiger partial charge on any atom is 0.249 e. The molecule has 4 rings (SSSR count). The second kappa shape index (κ2) is 13.4. The molecular weight excluding hydrogens is 558 g/mol. The first-order chi connectivity index (χ1) is 21.0. The Hall–Kier alpha value is -3.17. The third kappa shape index (κ3) is 5.81. The molecular formula is C35H51N3O6. The van der Waals surface area contributed by atoms with Crippen molar-refractivity contribution in [1.29, 1.82) is 0 Å². The molecule has 2 bridgehead atoms. The van der Waals surface area contributed by atoms with Crippen molar-refractivity contribution in [1.82, 2.24) is 9.80 Å². The van der Waals surface area contributed by atoms with Gasteiger partial charge >= 0.3 is 0 Å². The number of hydrogen-bond donors (Lipinski definition) is 1. The maximum absolute atomic E-state index is 14.7. The average molecular weight is 610 g/mol. The largest absolute Gasteiger partial charge is 0.494 e. The average Bonchev–Trinajstić information content (AvgIpc) is 3.60. The Morgan fingerprint density at radius 2 is 1.75 bits per heavy atom. The van der Waals surface area contributed by atoms with Gasteiger partial charge < -0.3 is 29.3 Å². The number of unbranched alkanes of at least 4 members (excludes halogenated alkanes) is 2. The lowest BCUT2D eigenvalue weighted by molar-refractivity contribution is -0.155. The van der Waals surface area contributed by atoms with Crippen molar-refractivity contribution in [3.8, 4) is 5.75 Å². The third-order valence-electron chi connectivity index (χ3n) is 9.66. The highest BCUT2D eigenvalue weighted by Crippen LogP contribution is 2.65. The van der Waals surface area contributed by atoms with Gasteiger partial charge in [-0.15, -0.1) is 13.2 Å². The Labute approximate surface area is 262 Å². The highest BCUT2D eigenvalue weighted by molar-refractivity contribution is 6.03. The second-order valence-electron chi connectivity index (χ2n) is 13.2. The molecule has 3 amide bonds. The van der Waals surface area contributed by atoms with Gasteiger partial charge in [-0.05, 0) is 90.5 Å². The van der Waals surface area contributed by atoms with Crippen molar-refractivity contribution in [2.75, 3.05) is 37.7 Å². The first kappa shape index (κ1) is 33.7. The molecule has 1 spiro atoms. The van der Waals surface area contributed by atoms with Crippen molar-refractivity contribution in [3.05, 3.63) is 49.6 Å². The number of aliphatic hydroxyl groups is 1. The van der Waals surface area contributed by atoms with Crippen LogP contribution >= 0.6 is 0 Å². The number of aliphatic hydroxyl groups excluding tert-OH is 1. The number of rotatable bonds is 15. The molecule has 44 heavy (non-hydrogen) atoms. The Morgan fingerprint density at radius 3 is 2.32 bits per heavy atom. The minimum atomic E-state index is -1.11. The Bertz CT molecular complexity index is 1230. The van der Waals surface area contributed by atoms with Crippen LogP contribution in [0.5, 0.6) is 5.75 Å². The summed E-state index contributed by atoms with van der Waals surface area (Å²) in [7, 11) is 0. The van der Waals surface area contributed by atoms with E-state index in [0.717, 1.165) is 6.42 Å². The van der Waals surface area contributed by atoms with Crippen LogP contribution in [0.3, 0.4) is 0 Å². The van der Waals surface area contributed by atoms with E-state index < -0.39 is 34.6 Å². The van der Waals surface area contributed by atoms with E-state index in [2.05, 4.69) is 13.2 Å². The van der Waals surface area contributed by atoms with Crippen LogP contribution in [-0.4, -0.2) is 88.3 Å². The van der Waals surface area contributed by atoms with Gasteiger partial charge in [0.1, 0.15) is 17.4 Å². The van der Waals surface area contributed by atoms with Gasteiger partial charge in [0.25, 0.3) is 0 Å². The molecule has 2 unspecified atom stereocenters. The molecule has 0 aliphatic carbocycles. The summed E-state index contributed by atoms with van der Waals surface area (Å²) in [6.45, 7) is 19.2. The van der Waals surface area contributed by atoms with E-state index in [1.165, 1.54) is 0 Å². The highest BCUT2D eigenvalue weighted by atomic mass is 16.5. The number of carbonyl (C=O) groups is 3. The minimum Gasteiger partial charge on any atom is -0.494 e. The number of nitrogens with zero attached hydrogens (tertiary/aromatic N) is 3. The maximum atomic E-state index is 14.7. The highest BCUT2D eigenvalue weighted by Gasteiger charge is 2.79. The van der Waals surface area contributed by atoms with Gasteiger partial charge in [0.05, 0.1) is 24.0 Å². The monoisotopic (exact) mass is 609 g/mol. The summed E-state index contributed by atoms with van der Waals surface area (Å²) in [4.78, 5) is 49.0. The second-order valence-corrected chi connectivity index (χ2v) is 13.2. The topological polar surface area (TPSA) is 99.6 Å². The van der Waals surface area contributed by atoms with Gasteiger partial charge in [-0.2, -0.15) is 0 Å². The standard InChI is InChI=1S/C35H51N3O6/c1-8-21-36(25-15-17-26(18-16-25)43-11-4)30(40)27-28-31(41)37(23-13-12-14-24-39)29(32(42)38(22-9-2)33(5,6)7)35(28)20-19-34(27,10-3)44-35/h8-9,15-18,27-29,39H,1-2,10-14,19-24H2,3-7H3/t27-,28-,29?,34+,35?/m0/s1. The fraction of sp³-hybridized carbons (Fsp3) is 0.629. The van der Waals surface area contributed by atoms with E-state index in [9.17, 15) is 19.5 Å². The van der Waals surface area contributed by atoms with Crippen LogP contribution in [0, 0.1) is 11.8 Å². The molecule has 242 valence electrons. The van der Waals surface area contributed by atoms with Gasteiger partial charge in [0.15, 0.2) is 0 Å². The van der Waals surface area contributed by atoms with E-state index in [0.29, 0.717) is 63.2 Å². The predicted molar refractivity (Wildman–Crippen MR) is 171 cm³/mol. The van der Waals surface area contributed by atoms with Crippen LogP contribution in [0.25, 0.3) is 0 Å². The van der Waals surface area contributed by atoms with Crippen molar-refractivity contribution in [3.63, 3.8) is 0 Å². The van der Waals surface area contributed by atoms with E-state index in [4.69, 9.17) is 9.47 Å². The quantitative estimate of drug-likeness (QED) is 0.228. The lowest BCUT2D eigenvalue weighted by Gasteiger charge is -2.42. The van der Waals surface area contributed by atoms with Crippen LogP contribution < -0.4 is 9.64 Å². The fourth-order valence-electron chi connectivity index (χ4n) is 7.66. The summed E-state index contributed by atoms with van der Waals surface area (Å²) in [5, 5.41) is 9.34. The Balaban J connectivity index is 1.79. The van der Waals surface area contributed by atoms with Crippen LogP contribution in [-0.2, 0) is 19.1 Å². The molecule has 0 radical (unpaired) electrons. The van der Waals surface area contributed by atoms with E-state index in [-0.39, 0.29) is 30.9 Å². The van der Waals surface area contributed by atoms with Gasteiger partial charge in [0.2, 0.25) is 17.7 Å². The Morgan fingerprint density at radius 1 is 1.07 bits per heavy atom. The van der Waals surface area contributed by atoms with Crippen LogP contribution in [0.4, 0.5) is 5.69 Å². The third-order valence-corrected chi connectivity index (χ3v) is 9.66. The summed E-state index contributed by atoms with van der Waals surface area (Å²) < 4.78 is 12.6. The number of fused-ring (bicyclic) bond motifs is 1. The van der Waals surface area contributed by atoms with Gasteiger partial charge in [-0.3, -0.25) is 14.4 Å². The number of amides is 3. The summed E-state index contributed by atoms with van der Waals surface area (Å²) in [6.07, 6.45) is 7.04. The molecule has 9 heteroatoms. The summed E-state index contributed by atoms with van der Waals surface area (Å²) in [6, 6.07) is 6.52. The van der Waals surface area contributed by atoms with E-state index >= 15 is 0 Å². The number of likely N-dealkylation sites (tertiary alicyclic amines) is 1. The molecule has 9 nitrogen and oxygen atoms in total. The van der Waals surface area contributed by atoms with Crippen molar-refractivity contribution in [2.24, 2.45) is 11.8 Å². The zero-order valence-corrected chi connectivity index (χ0v) is 27.2. The Kier molecular flexibility index (Phi) is 10.3. The predicted octanol–water partition coefficient (Wildman–Crippen LogP) is 4.73. The normalized spacial score (nSPS) is 27.3. The summed E-state index contributed by atoms with van der Waals surface area (Å²) in [5.74, 6) is -1.38. The number of anilines is 1. The molecule has 1 aromatic rings. The number of hydrogen-bond acceptors (Lipinski definition) is 6. The van der Waals surface area contributed by atoms with Gasteiger partial charge in [-0.25, -0.2) is 0 Å². The zero-order valence-electron chi connectivity index (χ0n) is 27.2. The van der Waals surface area contributed by atoms with E-state index in [1.807, 2.05) is 58.9 Å². The molecule has 0 saturated carbocycles. The number of benzene rings is 1. The molecule has 3 fully saturated rings. The van der Waals surface area contributed by atoms with Crippen LogP contribution in [0.2, 0.25) is 0 Å². The lowest BCUT2D eigenvalue weighted by Crippen LogP contribution is -2.60. The molecule has 5 atom stereocenters.